The quantitative estimate of drug-likeness (QED) is 0.898. The van der Waals surface area contributed by atoms with Gasteiger partial charge in [0.05, 0.1) is 11.3 Å². The minimum absolute atomic E-state index is 0.0193. The summed E-state index contributed by atoms with van der Waals surface area (Å²) in [5.41, 5.74) is 1.22. The number of benzene rings is 1. The standard InChI is InChI=1S/C17H20N2O3S/c1-11(20)23-10-12-8-16(21)19(9-12)15-5-3-2-4-14(15)17(22)18-13-6-7-13/h2-5,12-13H,6-10H2,1H3,(H,18,22). The van der Waals surface area contributed by atoms with Gasteiger partial charge in [0.1, 0.15) is 0 Å². The van der Waals surface area contributed by atoms with E-state index in [1.54, 1.807) is 11.0 Å². The third kappa shape index (κ3) is 3.93. The van der Waals surface area contributed by atoms with Gasteiger partial charge in [-0.05, 0) is 30.9 Å². The molecule has 1 aliphatic carbocycles. The monoisotopic (exact) mass is 332 g/mol. The molecular weight excluding hydrogens is 312 g/mol. The second kappa shape index (κ2) is 6.74. The third-order valence-corrected chi connectivity index (χ3v) is 5.12. The molecule has 1 atom stereocenters. The normalized spacial score (nSPS) is 20.7. The molecule has 0 radical (unpaired) electrons. The molecule has 1 aliphatic heterocycles. The summed E-state index contributed by atoms with van der Waals surface area (Å²) in [4.78, 5) is 37.5. The van der Waals surface area contributed by atoms with Gasteiger partial charge in [0, 0.05) is 31.7 Å². The largest absolute Gasteiger partial charge is 0.349 e. The van der Waals surface area contributed by atoms with Crippen LogP contribution >= 0.6 is 11.8 Å². The zero-order chi connectivity index (χ0) is 16.4. The molecule has 23 heavy (non-hydrogen) atoms. The van der Waals surface area contributed by atoms with Crippen LogP contribution in [0, 0.1) is 5.92 Å². The molecule has 1 saturated heterocycles. The molecule has 122 valence electrons. The van der Waals surface area contributed by atoms with Crippen LogP contribution in [0.15, 0.2) is 24.3 Å². The number of nitrogens with zero attached hydrogens (tertiary/aromatic N) is 1. The lowest BCUT2D eigenvalue weighted by molar-refractivity contribution is -0.117. The van der Waals surface area contributed by atoms with E-state index in [2.05, 4.69) is 5.32 Å². The predicted molar refractivity (Wildman–Crippen MR) is 90.5 cm³/mol. The number of carbonyl (C=O) groups excluding carboxylic acids is 3. The summed E-state index contributed by atoms with van der Waals surface area (Å²) in [7, 11) is 0. The van der Waals surface area contributed by atoms with Crippen molar-refractivity contribution in [3.63, 3.8) is 0 Å². The summed E-state index contributed by atoms with van der Waals surface area (Å²) in [5.74, 6) is 0.702. The second-order valence-electron chi connectivity index (χ2n) is 6.14. The third-order valence-electron chi connectivity index (χ3n) is 4.08. The first-order chi connectivity index (χ1) is 11.0. The van der Waals surface area contributed by atoms with Gasteiger partial charge in [0.25, 0.3) is 5.91 Å². The fourth-order valence-corrected chi connectivity index (χ4v) is 3.45. The van der Waals surface area contributed by atoms with Crippen LogP contribution in [0.4, 0.5) is 5.69 Å². The number of amides is 2. The molecule has 1 aromatic rings. The topological polar surface area (TPSA) is 66.5 Å². The van der Waals surface area contributed by atoms with E-state index in [0.717, 1.165) is 12.8 Å². The average molecular weight is 332 g/mol. The molecular formula is C17H20N2O3S. The maximum atomic E-state index is 12.4. The Kier molecular flexibility index (Phi) is 4.71. The van der Waals surface area contributed by atoms with Crippen molar-refractivity contribution in [3.05, 3.63) is 29.8 Å². The van der Waals surface area contributed by atoms with E-state index in [1.165, 1.54) is 18.7 Å². The Morgan fingerprint density at radius 2 is 2.04 bits per heavy atom. The van der Waals surface area contributed by atoms with Gasteiger partial charge in [-0.15, -0.1) is 0 Å². The fraction of sp³-hybridized carbons (Fsp3) is 0.471. The molecule has 2 fully saturated rings. The number of thioether (sulfide) groups is 1. The van der Waals surface area contributed by atoms with E-state index in [-0.39, 0.29) is 28.9 Å². The molecule has 0 aromatic heterocycles. The van der Waals surface area contributed by atoms with E-state index in [0.29, 0.717) is 30.0 Å². The molecule has 1 saturated carbocycles. The van der Waals surface area contributed by atoms with Gasteiger partial charge < -0.3 is 10.2 Å². The zero-order valence-corrected chi connectivity index (χ0v) is 13.9. The van der Waals surface area contributed by atoms with E-state index in [9.17, 15) is 14.4 Å². The SMILES string of the molecule is CC(=O)SCC1CC(=O)N(c2ccccc2C(=O)NC2CC2)C1. The molecule has 1 aromatic carbocycles. The van der Waals surface area contributed by atoms with Crippen molar-refractivity contribution in [1.82, 2.24) is 5.32 Å². The van der Waals surface area contributed by atoms with Gasteiger partial charge in [-0.25, -0.2) is 0 Å². The maximum Gasteiger partial charge on any atom is 0.253 e. The highest BCUT2D eigenvalue weighted by Gasteiger charge is 2.33. The molecule has 1 N–H and O–H groups in total. The van der Waals surface area contributed by atoms with Crippen molar-refractivity contribution >= 4 is 34.4 Å². The fourth-order valence-electron chi connectivity index (χ4n) is 2.75. The first-order valence-electron chi connectivity index (χ1n) is 7.88. The second-order valence-corrected chi connectivity index (χ2v) is 7.34. The molecule has 0 bridgehead atoms. The Bertz CT molecular complexity index is 642. The van der Waals surface area contributed by atoms with Crippen LogP contribution in [-0.2, 0) is 9.59 Å². The summed E-state index contributed by atoms with van der Waals surface area (Å²) in [6, 6.07) is 7.52. The minimum atomic E-state index is -0.113. The Balaban J connectivity index is 1.74. The van der Waals surface area contributed by atoms with Gasteiger partial charge in [-0.1, -0.05) is 23.9 Å². The molecule has 2 aliphatic rings. The lowest BCUT2D eigenvalue weighted by Gasteiger charge is -2.20. The van der Waals surface area contributed by atoms with Crippen LogP contribution in [0.1, 0.15) is 36.5 Å². The highest BCUT2D eigenvalue weighted by Crippen LogP contribution is 2.30. The van der Waals surface area contributed by atoms with E-state index >= 15 is 0 Å². The van der Waals surface area contributed by atoms with Crippen molar-refractivity contribution in [3.8, 4) is 0 Å². The molecule has 1 heterocycles. The molecule has 0 spiro atoms. The van der Waals surface area contributed by atoms with Gasteiger partial charge in [-0.3, -0.25) is 14.4 Å². The first kappa shape index (κ1) is 16.1. The van der Waals surface area contributed by atoms with Crippen molar-refractivity contribution in [2.45, 2.75) is 32.2 Å². The maximum absolute atomic E-state index is 12.4. The van der Waals surface area contributed by atoms with Crippen LogP contribution in [0.3, 0.4) is 0 Å². The summed E-state index contributed by atoms with van der Waals surface area (Å²) in [6.45, 7) is 2.10. The number of hydrogen-bond acceptors (Lipinski definition) is 4. The summed E-state index contributed by atoms with van der Waals surface area (Å²) >= 11 is 1.26. The van der Waals surface area contributed by atoms with Crippen molar-refractivity contribution in [1.29, 1.82) is 0 Å². The van der Waals surface area contributed by atoms with Crippen LogP contribution in [0.2, 0.25) is 0 Å². The highest BCUT2D eigenvalue weighted by molar-refractivity contribution is 8.13. The van der Waals surface area contributed by atoms with E-state index in [1.807, 2.05) is 18.2 Å². The number of anilines is 1. The number of nitrogens with one attached hydrogen (secondary N) is 1. The Morgan fingerprint density at radius 1 is 1.30 bits per heavy atom. The number of carbonyl (C=O) groups is 3. The van der Waals surface area contributed by atoms with Gasteiger partial charge in [0.2, 0.25) is 5.91 Å². The van der Waals surface area contributed by atoms with Crippen molar-refractivity contribution in [2.75, 3.05) is 17.2 Å². The van der Waals surface area contributed by atoms with Crippen molar-refractivity contribution < 1.29 is 14.4 Å². The minimum Gasteiger partial charge on any atom is -0.349 e. The van der Waals surface area contributed by atoms with Crippen LogP contribution in [0.25, 0.3) is 0 Å². The molecule has 3 rings (SSSR count). The average Bonchev–Trinajstić information content (AvgIpc) is 3.26. The van der Waals surface area contributed by atoms with Gasteiger partial charge in [-0.2, -0.15) is 0 Å². The summed E-state index contributed by atoms with van der Waals surface area (Å²) in [6.07, 6.45) is 2.49. The predicted octanol–water partition coefficient (Wildman–Crippen LogP) is 2.21. The molecule has 5 nitrogen and oxygen atoms in total. The summed E-state index contributed by atoms with van der Waals surface area (Å²) < 4.78 is 0. The Hall–Kier alpha value is -1.82. The van der Waals surface area contributed by atoms with E-state index < -0.39 is 0 Å². The van der Waals surface area contributed by atoms with Crippen LogP contribution < -0.4 is 10.2 Å². The first-order valence-corrected chi connectivity index (χ1v) is 8.87. The molecule has 2 amide bonds. The lowest BCUT2D eigenvalue weighted by atomic mass is 10.1. The highest BCUT2D eigenvalue weighted by atomic mass is 32.2. The lowest BCUT2D eigenvalue weighted by Crippen LogP contribution is -2.31. The van der Waals surface area contributed by atoms with Crippen LogP contribution in [0.5, 0.6) is 0 Å². The Morgan fingerprint density at radius 3 is 2.74 bits per heavy atom. The molecule has 6 heteroatoms. The number of para-hydroxylation sites is 1. The van der Waals surface area contributed by atoms with Gasteiger partial charge >= 0.3 is 0 Å². The summed E-state index contributed by atoms with van der Waals surface area (Å²) in [5, 5.41) is 3.04. The number of rotatable bonds is 5. The Labute approximate surface area is 139 Å². The van der Waals surface area contributed by atoms with Gasteiger partial charge in [0.15, 0.2) is 5.12 Å². The smallest absolute Gasteiger partial charge is 0.253 e. The van der Waals surface area contributed by atoms with Crippen LogP contribution in [-0.4, -0.2) is 35.3 Å². The zero-order valence-electron chi connectivity index (χ0n) is 13.1. The number of hydrogen-bond donors (Lipinski definition) is 1. The van der Waals surface area contributed by atoms with Crippen molar-refractivity contribution in [2.24, 2.45) is 5.92 Å². The molecule has 1 unspecified atom stereocenters. The van der Waals surface area contributed by atoms with E-state index in [4.69, 9.17) is 0 Å².